The van der Waals surface area contributed by atoms with E-state index in [1.54, 1.807) is 11.3 Å². The second kappa shape index (κ2) is 3.87. The first kappa shape index (κ1) is 9.93. The van der Waals surface area contributed by atoms with Gasteiger partial charge < -0.3 is 9.47 Å². The third kappa shape index (κ3) is 1.78. The van der Waals surface area contributed by atoms with Crippen LogP contribution in [0.25, 0.3) is 0 Å². The molecule has 1 aromatic heterocycles. The molecule has 72 valence electrons. The molecule has 2 heterocycles. The van der Waals surface area contributed by atoms with E-state index in [9.17, 15) is 0 Å². The van der Waals surface area contributed by atoms with Crippen LogP contribution in [0.2, 0.25) is 0 Å². The summed E-state index contributed by atoms with van der Waals surface area (Å²) in [5.74, 6) is -0.363. The number of hydrogen-bond acceptors (Lipinski definition) is 3. The van der Waals surface area contributed by atoms with E-state index in [1.165, 1.54) is 0 Å². The minimum absolute atomic E-state index is 0.333. The topological polar surface area (TPSA) is 18.5 Å². The van der Waals surface area contributed by atoms with Gasteiger partial charge >= 0.3 is 0 Å². The van der Waals surface area contributed by atoms with E-state index in [1.807, 2.05) is 12.1 Å². The molecule has 0 bridgehead atoms. The summed E-state index contributed by atoms with van der Waals surface area (Å²) in [4.78, 5) is 1.02. The number of alkyl halides is 1. The van der Waals surface area contributed by atoms with E-state index >= 15 is 0 Å². The average molecular weight is 284 g/mol. The molecule has 13 heavy (non-hydrogen) atoms. The third-order valence-corrected chi connectivity index (χ3v) is 3.98. The Hall–Kier alpha value is 0.390. The molecule has 0 aromatic carbocycles. The molecule has 1 aromatic rings. The zero-order valence-corrected chi connectivity index (χ0v) is 9.92. The van der Waals surface area contributed by atoms with Gasteiger partial charge in [0, 0.05) is 0 Å². The molecule has 2 nitrogen and oxygen atoms in total. The molecule has 0 amide bonds. The number of hydrogen-bond donors (Lipinski definition) is 0. The summed E-state index contributed by atoms with van der Waals surface area (Å²) in [5, 5.41) is 0. The van der Waals surface area contributed by atoms with E-state index in [0.29, 0.717) is 19.1 Å². The summed E-state index contributed by atoms with van der Waals surface area (Å²) in [6, 6.07) is 3.95. The average Bonchev–Trinajstić information content (AvgIpc) is 2.73. The van der Waals surface area contributed by atoms with Crippen molar-refractivity contribution in [3.8, 4) is 0 Å². The second-order valence-electron chi connectivity index (χ2n) is 2.69. The van der Waals surface area contributed by atoms with Crippen LogP contribution in [0, 0.1) is 0 Å². The van der Waals surface area contributed by atoms with Gasteiger partial charge in [-0.15, -0.1) is 22.9 Å². The first-order valence-electron chi connectivity index (χ1n) is 3.86. The normalized spacial score (nSPS) is 20.8. The zero-order chi connectivity index (χ0) is 9.31. The monoisotopic (exact) mass is 282 g/mol. The van der Waals surface area contributed by atoms with Crippen LogP contribution in [-0.2, 0) is 15.3 Å². The Morgan fingerprint density at radius 2 is 2.15 bits per heavy atom. The first-order chi connectivity index (χ1) is 6.27. The van der Waals surface area contributed by atoms with Gasteiger partial charge in [0.1, 0.15) is 0 Å². The smallest absolute Gasteiger partial charge is 0.218 e. The molecule has 0 radical (unpaired) electrons. The Kier molecular flexibility index (Phi) is 2.95. The molecule has 2 rings (SSSR count). The Morgan fingerprint density at radius 3 is 2.62 bits per heavy atom. The molecule has 0 atom stereocenters. The van der Waals surface area contributed by atoms with Crippen molar-refractivity contribution in [2.24, 2.45) is 0 Å². The highest BCUT2D eigenvalue weighted by molar-refractivity contribution is 9.11. The van der Waals surface area contributed by atoms with E-state index in [2.05, 4.69) is 15.9 Å². The SMILES string of the molecule is ClCC1(c2ccc(Br)s2)OCCO1. The lowest BCUT2D eigenvalue weighted by Gasteiger charge is -2.22. The van der Waals surface area contributed by atoms with E-state index < -0.39 is 5.79 Å². The highest BCUT2D eigenvalue weighted by atomic mass is 79.9. The standard InChI is InChI=1S/C8H8BrClO2S/c9-7-2-1-6(13-7)8(5-10)11-3-4-12-8/h1-2H,3-5H2. The Labute approximate surface area is 93.9 Å². The van der Waals surface area contributed by atoms with Gasteiger partial charge in [-0.05, 0) is 28.1 Å². The Morgan fingerprint density at radius 1 is 1.46 bits per heavy atom. The largest absolute Gasteiger partial charge is 0.342 e. The molecular formula is C8H8BrClO2S. The van der Waals surface area contributed by atoms with Crippen LogP contribution in [0.15, 0.2) is 15.9 Å². The quantitative estimate of drug-likeness (QED) is 0.777. The van der Waals surface area contributed by atoms with Crippen molar-refractivity contribution < 1.29 is 9.47 Å². The summed E-state index contributed by atoms with van der Waals surface area (Å²) in [6.45, 7) is 1.23. The van der Waals surface area contributed by atoms with Gasteiger partial charge in [-0.25, -0.2) is 0 Å². The molecule has 0 aliphatic carbocycles. The highest BCUT2D eigenvalue weighted by Gasteiger charge is 2.39. The molecule has 1 saturated heterocycles. The van der Waals surface area contributed by atoms with E-state index in [0.717, 1.165) is 8.66 Å². The van der Waals surface area contributed by atoms with Gasteiger partial charge in [-0.2, -0.15) is 0 Å². The molecule has 1 aliphatic heterocycles. The van der Waals surface area contributed by atoms with Gasteiger partial charge in [0.05, 0.1) is 27.8 Å². The molecule has 0 unspecified atom stereocenters. The minimum Gasteiger partial charge on any atom is -0.342 e. The maximum absolute atomic E-state index is 5.85. The predicted molar refractivity (Wildman–Crippen MR) is 56.3 cm³/mol. The van der Waals surface area contributed by atoms with Crippen molar-refractivity contribution in [1.29, 1.82) is 0 Å². The van der Waals surface area contributed by atoms with Crippen LogP contribution >= 0.6 is 38.9 Å². The Bertz CT molecular complexity index is 296. The van der Waals surface area contributed by atoms with E-state index in [-0.39, 0.29) is 0 Å². The van der Waals surface area contributed by atoms with Crippen LogP contribution in [0.3, 0.4) is 0 Å². The van der Waals surface area contributed by atoms with Crippen LogP contribution in [-0.4, -0.2) is 19.1 Å². The van der Waals surface area contributed by atoms with Gasteiger partial charge in [0.25, 0.3) is 0 Å². The number of ether oxygens (including phenoxy) is 2. The molecule has 1 aliphatic rings. The molecule has 5 heteroatoms. The minimum atomic E-state index is -0.696. The maximum Gasteiger partial charge on any atom is 0.218 e. The van der Waals surface area contributed by atoms with Crippen LogP contribution < -0.4 is 0 Å². The summed E-state index contributed by atoms with van der Waals surface area (Å²) >= 11 is 10.8. The molecular weight excluding hydrogens is 276 g/mol. The fraction of sp³-hybridized carbons (Fsp3) is 0.500. The van der Waals surface area contributed by atoms with Gasteiger partial charge in [-0.3, -0.25) is 0 Å². The predicted octanol–water partition coefficient (Wildman–Crippen LogP) is 2.95. The highest BCUT2D eigenvalue weighted by Crippen LogP contribution is 2.38. The summed E-state index contributed by atoms with van der Waals surface area (Å²) in [5.41, 5.74) is 0. The van der Waals surface area contributed by atoms with Crippen molar-refractivity contribution in [3.63, 3.8) is 0 Å². The van der Waals surface area contributed by atoms with Crippen molar-refractivity contribution in [2.75, 3.05) is 19.1 Å². The summed E-state index contributed by atoms with van der Waals surface area (Å²) in [6.07, 6.45) is 0. The third-order valence-electron chi connectivity index (χ3n) is 1.88. The van der Waals surface area contributed by atoms with Gasteiger partial charge in [0.15, 0.2) is 0 Å². The number of halogens is 2. The zero-order valence-electron chi connectivity index (χ0n) is 6.76. The lowest BCUT2D eigenvalue weighted by atomic mass is 10.2. The number of rotatable bonds is 2. The maximum atomic E-state index is 5.85. The summed E-state index contributed by atoms with van der Waals surface area (Å²) < 4.78 is 12.1. The van der Waals surface area contributed by atoms with Gasteiger partial charge in [-0.1, -0.05) is 0 Å². The van der Waals surface area contributed by atoms with Gasteiger partial charge in [0.2, 0.25) is 5.79 Å². The van der Waals surface area contributed by atoms with Crippen molar-refractivity contribution in [1.82, 2.24) is 0 Å². The summed E-state index contributed by atoms with van der Waals surface area (Å²) in [7, 11) is 0. The first-order valence-corrected chi connectivity index (χ1v) is 6.01. The lowest BCUT2D eigenvalue weighted by molar-refractivity contribution is -0.143. The molecule has 0 saturated carbocycles. The van der Waals surface area contributed by atoms with Crippen LogP contribution in [0.4, 0.5) is 0 Å². The molecule has 1 fully saturated rings. The van der Waals surface area contributed by atoms with E-state index in [4.69, 9.17) is 21.1 Å². The molecule has 0 spiro atoms. The Balaban J connectivity index is 2.30. The van der Waals surface area contributed by atoms with Crippen molar-refractivity contribution in [3.05, 3.63) is 20.8 Å². The molecule has 0 N–H and O–H groups in total. The van der Waals surface area contributed by atoms with Crippen molar-refractivity contribution >= 4 is 38.9 Å². The number of thiophene rings is 1. The fourth-order valence-corrected chi connectivity index (χ4v) is 3.12. The van der Waals surface area contributed by atoms with Crippen molar-refractivity contribution in [2.45, 2.75) is 5.79 Å². The fourth-order valence-electron chi connectivity index (χ4n) is 1.26. The second-order valence-corrected chi connectivity index (χ2v) is 5.42. The lowest BCUT2D eigenvalue weighted by Crippen LogP contribution is -2.27. The van der Waals surface area contributed by atoms with Crippen LogP contribution in [0.1, 0.15) is 4.88 Å². The van der Waals surface area contributed by atoms with Crippen LogP contribution in [0.5, 0.6) is 0 Å².